The summed E-state index contributed by atoms with van der Waals surface area (Å²) in [5.41, 5.74) is 3.31. The zero-order valence-corrected chi connectivity index (χ0v) is 12.7. The van der Waals surface area contributed by atoms with Crippen LogP contribution in [0.15, 0.2) is 24.3 Å². The van der Waals surface area contributed by atoms with E-state index < -0.39 is 0 Å². The molecule has 0 aromatic heterocycles. The Bertz CT molecular complexity index is 381. The minimum Gasteiger partial charge on any atom is -0.313 e. The van der Waals surface area contributed by atoms with Crippen LogP contribution in [0.25, 0.3) is 0 Å². The van der Waals surface area contributed by atoms with E-state index in [-0.39, 0.29) is 0 Å². The molecule has 0 amide bonds. The molecule has 2 rings (SSSR count). The molecule has 19 heavy (non-hydrogen) atoms. The normalized spacial score (nSPS) is 19.5. The Morgan fingerprint density at radius 3 is 2.47 bits per heavy atom. The number of likely N-dealkylation sites (tertiary alicyclic amines) is 1. The number of benzene rings is 1. The van der Waals surface area contributed by atoms with E-state index in [1.165, 1.54) is 37.1 Å². The summed E-state index contributed by atoms with van der Waals surface area (Å²) in [6.45, 7) is 12.5. The standard InChI is InChI=1S/C17H28N2/c1-4-18-12-15-6-8-16(9-7-15)13-19-11-5-10-17(2,3)14-19/h6-9,18H,4-5,10-14H2,1-3H3. The predicted molar refractivity (Wildman–Crippen MR) is 82.1 cm³/mol. The van der Waals surface area contributed by atoms with Crippen LogP contribution < -0.4 is 5.32 Å². The van der Waals surface area contributed by atoms with Crippen molar-refractivity contribution in [2.45, 2.75) is 46.7 Å². The Morgan fingerprint density at radius 2 is 1.84 bits per heavy atom. The van der Waals surface area contributed by atoms with E-state index in [9.17, 15) is 0 Å². The molecule has 0 saturated carbocycles. The first kappa shape index (κ1) is 14.5. The molecule has 0 radical (unpaired) electrons. The smallest absolute Gasteiger partial charge is 0.0233 e. The van der Waals surface area contributed by atoms with Crippen LogP contribution in [0, 0.1) is 5.41 Å². The molecule has 0 spiro atoms. The van der Waals surface area contributed by atoms with Crippen molar-refractivity contribution in [3.8, 4) is 0 Å². The average Bonchev–Trinajstić information content (AvgIpc) is 2.37. The fourth-order valence-electron chi connectivity index (χ4n) is 2.97. The van der Waals surface area contributed by atoms with Crippen molar-refractivity contribution in [2.75, 3.05) is 19.6 Å². The SMILES string of the molecule is CCNCc1ccc(CN2CCCC(C)(C)C2)cc1. The molecule has 2 heteroatoms. The molecule has 1 N–H and O–H groups in total. The molecule has 1 saturated heterocycles. The number of rotatable bonds is 5. The van der Waals surface area contributed by atoms with Crippen LogP contribution in [0.1, 0.15) is 44.7 Å². The van der Waals surface area contributed by atoms with Crippen LogP contribution in [-0.2, 0) is 13.1 Å². The summed E-state index contributed by atoms with van der Waals surface area (Å²) in [7, 11) is 0. The summed E-state index contributed by atoms with van der Waals surface area (Å²) >= 11 is 0. The van der Waals surface area contributed by atoms with Gasteiger partial charge in [0.2, 0.25) is 0 Å². The van der Waals surface area contributed by atoms with E-state index in [2.05, 4.69) is 55.3 Å². The van der Waals surface area contributed by atoms with E-state index >= 15 is 0 Å². The van der Waals surface area contributed by atoms with Gasteiger partial charge in [0.15, 0.2) is 0 Å². The maximum atomic E-state index is 3.37. The second kappa shape index (κ2) is 6.53. The minimum atomic E-state index is 0.489. The van der Waals surface area contributed by atoms with E-state index in [1.807, 2.05) is 0 Å². The van der Waals surface area contributed by atoms with Gasteiger partial charge < -0.3 is 5.32 Å². The second-order valence-electron chi connectivity index (χ2n) is 6.58. The highest BCUT2D eigenvalue weighted by Gasteiger charge is 2.25. The van der Waals surface area contributed by atoms with Gasteiger partial charge in [-0.3, -0.25) is 4.90 Å². The maximum Gasteiger partial charge on any atom is 0.0233 e. The second-order valence-corrected chi connectivity index (χ2v) is 6.58. The highest BCUT2D eigenvalue weighted by Crippen LogP contribution is 2.29. The lowest BCUT2D eigenvalue weighted by atomic mass is 9.84. The molecule has 1 aromatic rings. The minimum absolute atomic E-state index is 0.489. The maximum absolute atomic E-state index is 3.37. The van der Waals surface area contributed by atoms with Gasteiger partial charge in [0.1, 0.15) is 0 Å². The number of hydrogen-bond acceptors (Lipinski definition) is 2. The summed E-state index contributed by atoms with van der Waals surface area (Å²) in [6.07, 6.45) is 2.70. The van der Waals surface area contributed by atoms with Crippen molar-refractivity contribution in [3.63, 3.8) is 0 Å². The van der Waals surface area contributed by atoms with Crippen LogP contribution in [-0.4, -0.2) is 24.5 Å². The highest BCUT2D eigenvalue weighted by molar-refractivity contribution is 5.22. The molecular formula is C17H28N2. The van der Waals surface area contributed by atoms with Crippen molar-refractivity contribution >= 4 is 0 Å². The van der Waals surface area contributed by atoms with Crippen molar-refractivity contribution < 1.29 is 0 Å². The molecule has 0 unspecified atom stereocenters. The van der Waals surface area contributed by atoms with E-state index in [4.69, 9.17) is 0 Å². The molecule has 106 valence electrons. The molecule has 1 aromatic carbocycles. The van der Waals surface area contributed by atoms with E-state index in [0.29, 0.717) is 5.41 Å². The van der Waals surface area contributed by atoms with E-state index in [0.717, 1.165) is 19.6 Å². The fourth-order valence-corrected chi connectivity index (χ4v) is 2.97. The summed E-state index contributed by atoms with van der Waals surface area (Å²) in [6, 6.07) is 9.09. The quantitative estimate of drug-likeness (QED) is 0.872. The molecule has 1 aliphatic rings. The monoisotopic (exact) mass is 260 g/mol. The summed E-state index contributed by atoms with van der Waals surface area (Å²) < 4.78 is 0. The third kappa shape index (κ3) is 4.63. The Kier molecular flexibility index (Phi) is 5.00. The summed E-state index contributed by atoms with van der Waals surface area (Å²) in [5.74, 6) is 0. The molecule has 1 aliphatic heterocycles. The van der Waals surface area contributed by atoms with Crippen LogP contribution in [0.5, 0.6) is 0 Å². The zero-order chi connectivity index (χ0) is 13.7. The molecule has 0 aliphatic carbocycles. The fraction of sp³-hybridized carbons (Fsp3) is 0.647. The van der Waals surface area contributed by atoms with Crippen LogP contribution in [0.2, 0.25) is 0 Å². The largest absolute Gasteiger partial charge is 0.313 e. The number of hydrogen-bond donors (Lipinski definition) is 1. The van der Waals surface area contributed by atoms with Crippen molar-refractivity contribution in [1.29, 1.82) is 0 Å². The van der Waals surface area contributed by atoms with Crippen molar-refractivity contribution in [1.82, 2.24) is 10.2 Å². The van der Waals surface area contributed by atoms with Crippen LogP contribution >= 0.6 is 0 Å². The molecular weight excluding hydrogens is 232 g/mol. The third-order valence-electron chi connectivity index (χ3n) is 3.99. The van der Waals surface area contributed by atoms with E-state index in [1.54, 1.807) is 0 Å². The van der Waals surface area contributed by atoms with Crippen molar-refractivity contribution in [2.24, 2.45) is 5.41 Å². The van der Waals surface area contributed by atoms with Gasteiger partial charge in [0.25, 0.3) is 0 Å². The topological polar surface area (TPSA) is 15.3 Å². The Morgan fingerprint density at radius 1 is 1.16 bits per heavy atom. The average molecular weight is 260 g/mol. The molecule has 1 heterocycles. The zero-order valence-electron chi connectivity index (χ0n) is 12.7. The molecule has 2 nitrogen and oxygen atoms in total. The first-order valence-electron chi connectivity index (χ1n) is 7.60. The predicted octanol–water partition coefficient (Wildman–Crippen LogP) is 3.42. The van der Waals surface area contributed by atoms with Crippen molar-refractivity contribution in [3.05, 3.63) is 35.4 Å². The van der Waals surface area contributed by atoms with Gasteiger partial charge in [-0.05, 0) is 42.5 Å². The summed E-state index contributed by atoms with van der Waals surface area (Å²) in [5, 5.41) is 3.37. The Balaban J connectivity index is 1.88. The lowest BCUT2D eigenvalue weighted by Crippen LogP contribution is -2.39. The van der Waals surface area contributed by atoms with Gasteiger partial charge in [-0.2, -0.15) is 0 Å². The van der Waals surface area contributed by atoms with Gasteiger partial charge in [0, 0.05) is 19.6 Å². The molecule has 0 atom stereocenters. The highest BCUT2D eigenvalue weighted by atomic mass is 15.1. The number of nitrogens with one attached hydrogen (secondary N) is 1. The summed E-state index contributed by atoms with van der Waals surface area (Å²) in [4.78, 5) is 2.60. The first-order chi connectivity index (χ1) is 9.09. The Hall–Kier alpha value is -0.860. The Labute approximate surface area is 118 Å². The lowest BCUT2D eigenvalue weighted by Gasteiger charge is -2.38. The molecule has 1 fully saturated rings. The van der Waals surface area contributed by atoms with Gasteiger partial charge in [-0.1, -0.05) is 45.0 Å². The van der Waals surface area contributed by atoms with Crippen LogP contribution in [0.3, 0.4) is 0 Å². The van der Waals surface area contributed by atoms with Crippen LogP contribution in [0.4, 0.5) is 0 Å². The van der Waals surface area contributed by atoms with Gasteiger partial charge >= 0.3 is 0 Å². The van der Waals surface area contributed by atoms with Gasteiger partial charge in [0.05, 0.1) is 0 Å². The lowest BCUT2D eigenvalue weighted by molar-refractivity contribution is 0.111. The number of piperidine rings is 1. The molecule has 0 bridgehead atoms. The van der Waals surface area contributed by atoms with Gasteiger partial charge in [-0.15, -0.1) is 0 Å². The first-order valence-corrected chi connectivity index (χ1v) is 7.60. The third-order valence-corrected chi connectivity index (χ3v) is 3.99. The number of nitrogens with zero attached hydrogens (tertiary/aromatic N) is 1. The van der Waals surface area contributed by atoms with Gasteiger partial charge in [-0.25, -0.2) is 0 Å².